The second-order valence-electron chi connectivity index (χ2n) is 4.76. The fraction of sp³-hybridized carbons (Fsp3) is 0.133. The Morgan fingerprint density at radius 1 is 1.22 bits per heavy atom. The smallest absolute Gasteiger partial charge is 0.341 e. The molecule has 2 rings (SSSR count). The van der Waals surface area contributed by atoms with Crippen LogP contribution in [0.1, 0.15) is 15.9 Å². The zero-order valence-corrected chi connectivity index (χ0v) is 14.7. The Balaban J connectivity index is 2.45. The van der Waals surface area contributed by atoms with E-state index in [0.717, 1.165) is 5.56 Å². The molecule has 8 heteroatoms. The van der Waals surface area contributed by atoms with Gasteiger partial charge in [0.15, 0.2) is 5.75 Å². The molecule has 0 saturated carbocycles. The summed E-state index contributed by atoms with van der Waals surface area (Å²) in [7, 11) is -2.74. The van der Waals surface area contributed by atoms with Crippen LogP contribution in [-0.2, 0) is 14.8 Å². The Kier molecular flexibility index (Phi) is 4.96. The van der Waals surface area contributed by atoms with Crippen molar-refractivity contribution in [1.82, 2.24) is 0 Å². The number of aryl methyl sites for hydroxylation is 1. The summed E-state index contributed by atoms with van der Waals surface area (Å²) >= 11 is 3.16. The molecule has 0 aromatic heterocycles. The minimum absolute atomic E-state index is 0.0436. The van der Waals surface area contributed by atoms with Crippen LogP contribution >= 0.6 is 15.9 Å². The number of rotatable bonds is 4. The molecule has 0 radical (unpaired) electrons. The van der Waals surface area contributed by atoms with E-state index in [4.69, 9.17) is 0 Å². The lowest BCUT2D eigenvalue weighted by atomic mass is 10.2. The maximum Gasteiger partial charge on any atom is 0.341 e. The first-order chi connectivity index (χ1) is 10.7. The number of benzene rings is 2. The lowest BCUT2D eigenvalue weighted by Crippen LogP contribution is -2.14. The molecule has 0 amide bonds. The number of phenols is 1. The SMILES string of the molecule is COC(=O)c1cc(Br)cc(NS(=O)(=O)c2ccc(C)cc2)c1O. The van der Waals surface area contributed by atoms with Gasteiger partial charge in [0.05, 0.1) is 17.7 Å². The molecule has 122 valence electrons. The molecule has 0 heterocycles. The second kappa shape index (κ2) is 6.59. The van der Waals surface area contributed by atoms with Crippen molar-refractivity contribution in [3.8, 4) is 5.75 Å². The summed E-state index contributed by atoms with van der Waals surface area (Å²) in [6.07, 6.45) is 0. The standard InChI is InChI=1S/C15H14BrNO5S/c1-9-3-5-11(6-4-9)23(20,21)17-13-8-10(16)7-12(14(13)18)15(19)22-2/h3-8,17-18H,1-2H3. The van der Waals surface area contributed by atoms with Crippen LogP contribution in [-0.4, -0.2) is 26.6 Å². The van der Waals surface area contributed by atoms with Crippen LogP contribution in [0.3, 0.4) is 0 Å². The molecule has 0 spiro atoms. The average molecular weight is 400 g/mol. The van der Waals surface area contributed by atoms with E-state index in [2.05, 4.69) is 25.4 Å². The Bertz CT molecular complexity index is 847. The quantitative estimate of drug-likeness (QED) is 0.608. The molecule has 2 aromatic carbocycles. The summed E-state index contributed by atoms with van der Waals surface area (Å²) in [5, 5.41) is 10.1. The van der Waals surface area contributed by atoms with Crippen molar-refractivity contribution in [1.29, 1.82) is 0 Å². The molecule has 0 unspecified atom stereocenters. The van der Waals surface area contributed by atoms with E-state index in [9.17, 15) is 18.3 Å². The van der Waals surface area contributed by atoms with E-state index in [0.29, 0.717) is 4.47 Å². The molecular formula is C15H14BrNO5S. The molecule has 6 nitrogen and oxygen atoms in total. The number of sulfonamides is 1. The fourth-order valence-electron chi connectivity index (χ4n) is 1.86. The van der Waals surface area contributed by atoms with Gasteiger partial charge in [-0.05, 0) is 31.2 Å². The van der Waals surface area contributed by atoms with Gasteiger partial charge in [0, 0.05) is 4.47 Å². The first-order valence-corrected chi connectivity index (χ1v) is 8.72. The molecule has 2 N–H and O–H groups in total. The maximum atomic E-state index is 12.4. The molecule has 2 aromatic rings. The summed E-state index contributed by atoms with van der Waals surface area (Å²) < 4.78 is 32.0. The second-order valence-corrected chi connectivity index (χ2v) is 7.36. The highest BCUT2D eigenvalue weighted by Crippen LogP contribution is 2.33. The van der Waals surface area contributed by atoms with Crippen molar-refractivity contribution < 1.29 is 23.1 Å². The van der Waals surface area contributed by atoms with E-state index < -0.39 is 21.7 Å². The minimum Gasteiger partial charge on any atom is -0.505 e. The minimum atomic E-state index is -3.90. The predicted molar refractivity (Wildman–Crippen MR) is 89.1 cm³/mol. The molecule has 0 aliphatic rings. The predicted octanol–water partition coefficient (Wildman–Crippen LogP) is 3.05. The number of nitrogens with one attached hydrogen (secondary N) is 1. The van der Waals surface area contributed by atoms with Crippen molar-refractivity contribution in [3.05, 3.63) is 52.0 Å². The first-order valence-electron chi connectivity index (χ1n) is 6.45. The summed E-state index contributed by atoms with van der Waals surface area (Å²) in [6, 6.07) is 8.92. The molecule has 0 bridgehead atoms. The third kappa shape index (κ3) is 3.83. The highest BCUT2D eigenvalue weighted by molar-refractivity contribution is 9.10. The van der Waals surface area contributed by atoms with Gasteiger partial charge < -0.3 is 9.84 Å². The van der Waals surface area contributed by atoms with Crippen molar-refractivity contribution in [2.75, 3.05) is 11.8 Å². The highest BCUT2D eigenvalue weighted by Gasteiger charge is 2.21. The van der Waals surface area contributed by atoms with Crippen LogP contribution in [0.2, 0.25) is 0 Å². The summed E-state index contributed by atoms with van der Waals surface area (Å²) in [6.45, 7) is 1.84. The topological polar surface area (TPSA) is 92.7 Å². The van der Waals surface area contributed by atoms with Gasteiger partial charge in [-0.3, -0.25) is 4.72 Å². The monoisotopic (exact) mass is 399 g/mol. The van der Waals surface area contributed by atoms with Gasteiger partial charge in [-0.15, -0.1) is 0 Å². The van der Waals surface area contributed by atoms with Gasteiger partial charge in [-0.2, -0.15) is 0 Å². The lowest BCUT2D eigenvalue weighted by Gasteiger charge is -2.12. The van der Waals surface area contributed by atoms with E-state index in [1.807, 2.05) is 6.92 Å². The van der Waals surface area contributed by atoms with Crippen molar-refractivity contribution >= 4 is 37.6 Å². The third-order valence-electron chi connectivity index (χ3n) is 3.06. The van der Waals surface area contributed by atoms with Crippen LogP contribution in [0, 0.1) is 6.92 Å². The number of phenolic OH excluding ortho intramolecular Hbond substituents is 1. The van der Waals surface area contributed by atoms with Gasteiger partial charge in [0.25, 0.3) is 10.0 Å². The summed E-state index contributed by atoms with van der Waals surface area (Å²) in [5.41, 5.74) is 0.645. The van der Waals surface area contributed by atoms with Gasteiger partial charge >= 0.3 is 5.97 Å². The third-order valence-corrected chi connectivity index (χ3v) is 4.89. The van der Waals surface area contributed by atoms with Crippen molar-refractivity contribution in [2.45, 2.75) is 11.8 Å². The fourth-order valence-corrected chi connectivity index (χ4v) is 3.38. The maximum absolute atomic E-state index is 12.4. The zero-order chi connectivity index (χ0) is 17.2. The molecule has 0 atom stereocenters. The first kappa shape index (κ1) is 17.3. The van der Waals surface area contributed by atoms with Gasteiger partial charge in [0.1, 0.15) is 5.56 Å². The van der Waals surface area contributed by atoms with Gasteiger partial charge in [-0.1, -0.05) is 33.6 Å². The molecular weight excluding hydrogens is 386 g/mol. The van der Waals surface area contributed by atoms with Crippen LogP contribution in [0.15, 0.2) is 45.8 Å². The Hall–Kier alpha value is -2.06. The van der Waals surface area contributed by atoms with Crippen molar-refractivity contribution in [2.24, 2.45) is 0 Å². The number of aromatic hydroxyl groups is 1. The lowest BCUT2D eigenvalue weighted by molar-refractivity contribution is 0.0597. The van der Waals surface area contributed by atoms with E-state index in [1.54, 1.807) is 12.1 Å². The highest BCUT2D eigenvalue weighted by atomic mass is 79.9. The van der Waals surface area contributed by atoms with Crippen LogP contribution < -0.4 is 4.72 Å². The number of carbonyl (C=O) groups is 1. The van der Waals surface area contributed by atoms with E-state index in [1.165, 1.54) is 31.4 Å². The zero-order valence-electron chi connectivity index (χ0n) is 12.3. The van der Waals surface area contributed by atoms with E-state index in [-0.39, 0.29) is 16.1 Å². The molecule has 0 aliphatic carbocycles. The number of hydrogen-bond acceptors (Lipinski definition) is 5. The normalized spacial score (nSPS) is 11.1. The van der Waals surface area contributed by atoms with Crippen LogP contribution in [0.25, 0.3) is 0 Å². The number of anilines is 1. The number of halogens is 1. The molecule has 0 aliphatic heterocycles. The number of esters is 1. The Morgan fingerprint density at radius 2 is 1.83 bits per heavy atom. The summed E-state index contributed by atoms with van der Waals surface area (Å²) in [5.74, 6) is -1.28. The largest absolute Gasteiger partial charge is 0.505 e. The number of methoxy groups -OCH3 is 1. The Labute approximate surface area is 142 Å². The molecule has 0 saturated heterocycles. The van der Waals surface area contributed by atoms with Crippen molar-refractivity contribution in [3.63, 3.8) is 0 Å². The molecule has 0 fully saturated rings. The van der Waals surface area contributed by atoms with Gasteiger partial charge in [0.2, 0.25) is 0 Å². The number of ether oxygens (including phenoxy) is 1. The Morgan fingerprint density at radius 3 is 2.39 bits per heavy atom. The number of hydrogen-bond donors (Lipinski definition) is 2. The van der Waals surface area contributed by atoms with Crippen LogP contribution in [0.4, 0.5) is 5.69 Å². The van der Waals surface area contributed by atoms with Gasteiger partial charge in [-0.25, -0.2) is 13.2 Å². The van der Waals surface area contributed by atoms with E-state index >= 15 is 0 Å². The van der Waals surface area contributed by atoms with Crippen LogP contribution in [0.5, 0.6) is 5.75 Å². The number of carbonyl (C=O) groups excluding carboxylic acids is 1. The average Bonchev–Trinajstić information content (AvgIpc) is 2.50. The summed E-state index contributed by atoms with van der Waals surface area (Å²) in [4.78, 5) is 11.7. The molecule has 23 heavy (non-hydrogen) atoms.